The molecule has 2 rings (SSSR count). The summed E-state index contributed by atoms with van der Waals surface area (Å²) in [7, 11) is 2.12. The van der Waals surface area contributed by atoms with Crippen LogP contribution in [0, 0.1) is 17.7 Å². The van der Waals surface area contributed by atoms with Crippen molar-refractivity contribution in [2.24, 2.45) is 11.8 Å². The largest absolute Gasteiger partial charge is 0.374 e. The summed E-state index contributed by atoms with van der Waals surface area (Å²) in [6.45, 7) is 8.59. The molecular weight excluding hydrogens is 251 g/mol. The van der Waals surface area contributed by atoms with Crippen molar-refractivity contribution in [2.75, 3.05) is 25.0 Å². The maximum atomic E-state index is 13.6. The first-order valence-corrected chi connectivity index (χ1v) is 7.76. The van der Waals surface area contributed by atoms with Gasteiger partial charge in [-0.2, -0.15) is 0 Å². The third-order valence-electron chi connectivity index (χ3n) is 4.35. The van der Waals surface area contributed by atoms with Gasteiger partial charge >= 0.3 is 0 Å². The van der Waals surface area contributed by atoms with Crippen molar-refractivity contribution >= 4 is 5.69 Å². The van der Waals surface area contributed by atoms with Crippen LogP contribution >= 0.6 is 0 Å². The standard InChI is InChI=1S/C17H27FN2/c1-5-8-19-13(3)16-10-15(18)6-7-17(16)20(4)11-14-9-12(14)2/h6-7,10,12-14,19H,5,8-9,11H2,1-4H3. The normalized spacial score (nSPS) is 22.6. The lowest BCUT2D eigenvalue weighted by Gasteiger charge is -2.26. The molecule has 0 heterocycles. The second-order valence-electron chi connectivity index (χ2n) is 6.23. The van der Waals surface area contributed by atoms with E-state index in [4.69, 9.17) is 0 Å². The van der Waals surface area contributed by atoms with Gasteiger partial charge in [0.05, 0.1) is 0 Å². The van der Waals surface area contributed by atoms with Crippen LogP contribution in [0.3, 0.4) is 0 Å². The van der Waals surface area contributed by atoms with Crippen LogP contribution in [0.5, 0.6) is 0 Å². The molecule has 2 nitrogen and oxygen atoms in total. The Bertz CT molecular complexity index is 447. The average molecular weight is 278 g/mol. The van der Waals surface area contributed by atoms with Crippen LogP contribution in [0.2, 0.25) is 0 Å². The average Bonchev–Trinajstić information content (AvgIpc) is 3.11. The van der Waals surface area contributed by atoms with E-state index in [1.807, 2.05) is 6.07 Å². The number of anilines is 1. The monoisotopic (exact) mass is 278 g/mol. The van der Waals surface area contributed by atoms with Crippen LogP contribution in [0.15, 0.2) is 18.2 Å². The molecule has 20 heavy (non-hydrogen) atoms. The lowest BCUT2D eigenvalue weighted by molar-refractivity contribution is 0.560. The summed E-state index contributed by atoms with van der Waals surface area (Å²) in [4.78, 5) is 2.28. The quantitative estimate of drug-likeness (QED) is 0.811. The molecule has 0 bridgehead atoms. The fourth-order valence-corrected chi connectivity index (χ4v) is 2.79. The zero-order valence-corrected chi connectivity index (χ0v) is 13.1. The van der Waals surface area contributed by atoms with Crippen molar-refractivity contribution in [1.82, 2.24) is 5.32 Å². The smallest absolute Gasteiger partial charge is 0.123 e. The molecule has 0 spiro atoms. The lowest BCUT2D eigenvalue weighted by atomic mass is 10.0. The van der Waals surface area contributed by atoms with Crippen molar-refractivity contribution in [3.05, 3.63) is 29.6 Å². The Morgan fingerprint density at radius 1 is 1.45 bits per heavy atom. The van der Waals surface area contributed by atoms with Gasteiger partial charge in [0.25, 0.3) is 0 Å². The third-order valence-corrected chi connectivity index (χ3v) is 4.35. The van der Waals surface area contributed by atoms with Crippen molar-refractivity contribution in [1.29, 1.82) is 0 Å². The first kappa shape index (κ1) is 15.3. The Kier molecular flexibility index (Phi) is 5.03. The molecular formula is C17H27FN2. The minimum absolute atomic E-state index is 0.151. The van der Waals surface area contributed by atoms with E-state index < -0.39 is 0 Å². The molecule has 0 saturated heterocycles. The summed E-state index contributed by atoms with van der Waals surface area (Å²) in [5.41, 5.74) is 2.22. The Morgan fingerprint density at radius 3 is 2.75 bits per heavy atom. The lowest BCUT2D eigenvalue weighted by Crippen LogP contribution is -2.26. The predicted molar refractivity (Wildman–Crippen MR) is 83.6 cm³/mol. The molecule has 1 fully saturated rings. The van der Waals surface area contributed by atoms with E-state index in [2.05, 4.69) is 38.0 Å². The predicted octanol–water partition coefficient (Wildman–Crippen LogP) is 3.98. The number of nitrogens with zero attached hydrogens (tertiary/aromatic N) is 1. The summed E-state index contributed by atoms with van der Waals surface area (Å²) in [6, 6.07) is 5.34. The molecule has 0 radical (unpaired) electrons. The van der Waals surface area contributed by atoms with Gasteiger partial charge in [-0.25, -0.2) is 4.39 Å². The van der Waals surface area contributed by atoms with Gasteiger partial charge in [0.15, 0.2) is 0 Å². The summed E-state index contributed by atoms with van der Waals surface area (Å²) >= 11 is 0. The maximum absolute atomic E-state index is 13.6. The Balaban J connectivity index is 2.13. The minimum atomic E-state index is -0.151. The second kappa shape index (κ2) is 6.57. The number of halogens is 1. The van der Waals surface area contributed by atoms with Gasteiger partial charge in [0.2, 0.25) is 0 Å². The van der Waals surface area contributed by atoms with Crippen LogP contribution in [-0.2, 0) is 0 Å². The van der Waals surface area contributed by atoms with Gasteiger partial charge in [0, 0.05) is 25.3 Å². The Morgan fingerprint density at radius 2 is 2.15 bits per heavy atom. The molecule has 0 amide bonds. The summed E-state index contributed by atoms with van der Waals surface area (Å²) in [5, 5.41) is 3.46. The number of hydrogen-bond acceptors (Lipinski definition) is 2. The van der Waals surface area contributed by atoms with Crippen LogP contribution < -0.4 is 10.2 Å². The maximum Gasteiger partial charge on any atom is 0.123 e. The zero-order chi connectivity index (χ0) is 14.7. The molecule has 0 aromatic heterocycles. The fraction of sp³-hybridized carbons (Fsp3) is 0.647. The molecule has 1 aromatic carbocycles. The Labute approximate surface area is 122 Å². The fourth-order valence-electron chi connectivity index (χ4n) is 2.79. The van der Waals surface area contributed by atoms with Crippen LogP contribution in [-0.4, -0.2) is 20.1 Å². The number of rotatable bonds is 7. The molecule has 1 aromatic rings. The first-order chi connectivity index (χ1) is 9.52. The summed E-state index contributed by atoms with van der Waals surface area (Å²) in [6.07, 6.45) is 2.41. The highest BCUT2D eigenvalue weighted by Gasteiger charge is 2.33. The van der Waals surface area contributed by atoms with E-state index in [1.165, 1.54) is 6.42 Å². The summed E-state index contributed by atoms with van der Waals surface area (Å²) < 4.78 is 13.6. The molecule has 1 saturated carbocycles. The van der Waals surface area contributed by atoms with Crippen molar-refractivity contribution in [3.8, 4) is 0 Å². The molecule has 1 aliphatic rings. The van der Waals surface area contributed by atoms with Crippen molar-refractivity contribution < 1.29 is 4.39 Å². The van der Waals surface area contributed by atoms with E-state index in [-0.39, 0.29) is 11.9 Å². The van der Waals surface area contributed by atoms with Gasteiger partial charge < -0.3 is 10.2 Å². The molecule has 3 atom stereocenters. The van der Waals surface area contributed by atoms with Crippen LogP contribution in [0.25, 0.3) is 0 Å². The van der Waals surface area contributed by atoms with Crippen molar-refractivity contribution in [3.63, 3.8) is 0 Å². The van der Waals surface area contributed by atoms with Gasteiger partial charge in [-0.3, -0.25) is 0 Å². The second-order valence-corrected chi connectivity index (χ2v) is 6.23. The first-order valence-electron chi connectivity index (χ1n) is 7.76. The SMILES string of the molecule is CCCNC(C)c1cc(F)ccc1N(C)CC1CC1C. The molecule has 1 aliphatic carbocycles. The van der Waals surface area contributed by atoms with Gasteiger partial charge in [0.1, 0.15) is 5.82 Å². The molecule has 0 aliphatic heterocycles. The van der Waals surface area contributed by atoms with Gasteiger partial charge in [-0.05, 0) is 61.9 Å². The third kappa shape index (κ3) is 3.72. The van der Waals surface area contributed by atoms with E-state index in [9.17, 15) is 4.39 Å². The van der Waals surface area contributed by atoms with E-state index >= 15 is 0 Å². The topological polar surface area (TPSA) is 15.3 Å². The number of nitrogens with one attached hydrogen (secondary N) is 1. The molecule has 1 N–H and O–H groups in total. The zero-order valence-electron chi connectivity index (χ0n) is 13.1. The highest BCUT2D eigenvalue weighted by molar-refractivity contribution is 5.54. The minimum Gasteiger partial charge on any atom is -0.374 e. The van der Waals surface area contributed by atoms with Gasteiger partial charge in [-0.15, -0.1) is 0 Å². The van der Waals surface area contributed by atoms with Crippen LogP contribution in [0.4, 0.5) is 10.1 Å². The highest BCUT2D eigenvalue weighted by Crippen LogP contribution is 2.39. The van der Waals surface area contributed by atoms with E-state index in [0.29, 0.717) is 0 Å². The molecule has 112 valence electrons. The number of benzene rings is 1. The van der Waals surface area contributed by atoms with Crippen molar-refractivity contribution in [2.45, 2.75) is 39.7 Å². The van der Waals surface area contributed by atoms with Crippen LogP contribution in [0.1, 0.15) is 45.2 Å². The summed E-state index contributed by atoms with van der Waals surface area (Å²) in [5.74, 6) is 1.50. The highest BCUT2D eigenvalue weighted by atomic mass is 19.1. The van der Waals surface area contributed by atoms with E-state index in [0.717, 1.165) is 42.6 Å². The van der Waals surface area contributed by atoms with E-state index in [1.54, 1.807) is 12.1 Å². The number of hydrogen-bond donors (Lipinski definition) is 1. The molecule has 3 unspecified atom stereocenters. The Hall–Kier alpha value is -1.09. The molecule has 3 heteroatoms. The van der Waals surface area contributed by atoms with Gasteiger partial charge in [-0.1, -0.05) is 13.8 Å².